The smallest absolute Gasteiger partial charge is 0.306 e. The normalized spacial score (nSPS) is 14.2. The first-order valence-electron chi connectivity index (χ1n) is 30.1. The third-order valence-corrected chi connectivity index (χ3v) is 14.1. The second kappa shape index (κ2) is 52.2. The van der Waals surface area contributed by atoms with Crippen LogP contribution in [-0.4, -0.2) is 69.4 Å². The van der Waals surface area contributed by atoms with E-state index < -0.39 is 26.6 Å². The number of hydrogen-bond donors (Lipinski definition) is 1. The molecule has 0 aliphatic heterocycles. The van der Waals surface area contributed by atoms with E-state index >= 15 is 0 Å². The molecule has 0 aliphatic carbocycles. The molecule has 0 aliphatic rings. The number of phosphoric acid groups is 1. The molecule has 0 bridgehead atoms. The minimum absolute atomic E-state index is 0.0279. The van der Waals surface area contributed by atoms with Crippen LogP contribution in [0.4, 0.5) is 0 Å². The lowest BCUT2D eigenvalue weighted by Crippen LogP contribution is -2.47. The van der Waals surface area contributed by atoms with Gasteiger partial charge in [0.05, 0.1) is 33.8 Å². The Kier molecular flexibility index (Phi) is 50.5. The average molecular weight is 1030 g/mol. The number of carbonyl (C=O) groups excluding carboxylic acids is 2. The largest absolute Gasteiger partial charge is 0.756 e. The van der Waals surface area contributed by atoms with Gasteiger partial charge in [-0.05, 0) is 96.0 Å². The highest BCUT2D eigenvalue weighted by Gasteiger charge is 2.27. The molecule has 0 rings (SSSR count). The molecule has 0 saturated carbocycles. The Hall–Kier alpha value is -2.29. The average Bonchev–Trinajstić information content (AvgIpc) is 3.34. The fraction of sp³-hybridized carbons (Fsp3) is 0.806. The Labute approximate surface area is 445 Å². The zero-order valence-corrected chi connectivity index (χ0v) is 48.8. The fourth-order valence-electron chi connectivity index (χ4n) is 8.46. The molecular weight excluding hydrogens is 916 g/mol. The number of esters is 1. The van der Waals surface area contributed by atoms with Gasteiger partial charge >= 0.3 is 5.97 Å². The zero-order chi connectivity index (χ0) is 52.9. The Morgan fingerprint density at radius 1 is 0.486 bits per heavy atom. The van der Waals surface area contributed by atoms with Crippen molar-refractivity contribution in [3.05, 3.63) is 60.8 Å². The molecule has 9 nitrogen and oxygen atoms in total. The van der Waals surface area contributed by atoms with E-state index in [0.29, 0.717) is 23.9 Å². The predicted octanol–water partition coefficient (Wildman–Crippen LogP) is 17.6. The molecule has 0 saturated heterocycles. The van der Waals surface area contributed by atoms with Crippen LogP contribution in [0.1, 0.15) is 271 Å². The predicted molar refractivity (Wildman–Crippen MR) is 307 cm³/mol. The highest BCUT2D eigenvalue weighted by atomic mass is 31.2. The molecule has 420 valence electrons. The fourth-order valence-corrected chi connectivity index (χ4v) is 9.19. The van der Waals surface area contributed by atoms with Gasteiger partial charge in [-0.2, -0.15) is 0 Å². The molecule has 10 heteroatoms. The topological polar surface area (TPSA) is 114 Å². The van der Waals surface area contributed by atoms with Gasteiger partial charge < -0.3 is 28.5 Å². The molecule has 0 aromatic heterocycles. The molecule has 3 unspecified atom stereocenters. The highest BCUT2D eigenvalue weighted by Crippen LogP contribution is 2.38. The van der Waals surface area contributed by atoms with Gasteiger partial charge in [0.25, 0.3) is 7.82 Å². The van der Waals surface area contributed by atoms with Crippen LogP contribution in [0.2, 0.25) is 0 Å². The number of amides is 1. The van der Waals surface area contributed by atoms with Crippen molar-refractivity contribution in [2.75, 3.05) is 40.9 Å². The van der Waals surface area contributed by atoms with Crippen LogP contribution in [-0.2, 0) is 27.9 Å². The van der Waals surface area contributed by atoms with Crippen molar-refractivity contribution in [3.8, 4) is 0 Å². The Bertz CT molecular complexity index is 1420. The number of ether oxygens (including phenoxy) is 1. The van der Waals surface area contributed by atoms with Crippen LogP contribution >= 0.6 is 7.82 Å². The summed E-state index contributed by atoms with van der Waals surface area (Å²) in [5, 5.41) is 3.02. The number of nitrogens with one attached hydrogen (secondary N) is 1. The van der Waals surface area contributed by atoms with Gasteiger partial charge in [-0.1, -0.05) is 223 Å². The Morgan fingerprint density at radius 3 is 1.31 bits per heavy atom. The number of carbonyl (C=O) groups is 2. The van der Waals surface area contributed by atoms with Crippen LogP contribution in [0.5, 0.6) is 0 Å². The van der Waals surface area contributed by atoms with Crippen LogP contribution in [0.15, 0.2) is 60.8 Å². The second-order valence-electron chi connectivity index (χ2n) is 21.5. The first kappa shape index (κ1) is 69.7. The molecule has 1 amide bonds. The zero-order valence-electron chi connectivity index (χ0n) is 47.9. The van der Waals surface area contributed by atoms with E-state index in [4.69, 9.17) is 13.8 Å². The molecular formula is C62H115N2O7P. The quantitative estimate of drug-likeness (QED) is 0.0212. The molecule has 3 atom stereocenters. The van der Waals surface area contributed by atoms with Gasteiger partial charge in [-0.25, -0.2) is 0 Å². The summed E-state index contributed by atoms with van der Waals surface area (Å²) in [6, 6.07) is -0.900. The Morgan fingerprint density at radius 2 is 0.847 bits per heavy atom. The number of hydrogen-bond acceptors (Lipinski definition) is 7. The molecule has 0 aromatic carbocycles. The highest BCUT2D eigenvalue weighted by molar-refractivity contribution is 7.45. The molecule has 0 spiro atoms. The van der Waals surface area contributed by atoms with Gasteiger partial charge in [0.15, 0.2) is 0 Å². The minimum atomic E-state index is -4.70. The van der Waals surface area contributed by atoms with Gasteiger partial charge in [-0.3, -0.25) is 14.2 Å². The summed E-state index contributed by atoms with van der Waals surface area (Å²) in [4.78, 5) is 39.9. The summed E-state index contributed by atoms with van der Waals surface area (Å²) in [6.07, 6.45) is 64.6. The third kappa shape index (κ3) is 52.6. The summed E-state index contributed by atoms with van der Waals surface area (Å²) < 4.78 is 30.3. The lowest BCUT2D eigenvalue weighted by atomic mass is 10.0. The maximum absolute atomic E-state index is 13.5. The van der Waals surface area contributed by atoms with Gasteiger partial charge in [0.2, 0.25) is 5.91 Å². The van der Waals surface area contributed by atoms with Crippen molar-refractivity contribution in [2.24, 2.45) is 0 Å². The number of phosphoric ester groups is 1. The number of unbranched alkanes of at least 4 members (excludes halogenated alkanes) is 30. The molecule has 0 aromatic rings. The molecule has 0 heterocycles. The van der Waals surface area contributed by atoms with Crippen LogP contribution in [0.3, 0.4) is 0 Å². The SMILES string of the molecule is CCCCC/C=C\C/C=C\C/C=C\CCCCCCC(=O)OC(/C=C/CCCCCCCCCCCC)C(COP(=O)([O-])OCC[N+](C)(C)C)NC(=O)CCCCCCCCC/C=C/CCCCCCCC. The number of allylic oxidation sites excluding steroid dienone is 9. The minimum Gasteiger partial charge on any atom is -0.756 e. The molecule has 72 heavy (non-hydrogen) atoms. The van der Waals surface area contributed by atoms with Crippen LogP contribution < -0.4 is 10.2 Å². The van der Waals surface area contributed by atoms with Crippen LogP contribution in [0.25, 0.3) is 0 Å². The van der Waals surface area contributed by atoms with Crippen LogP contribution in [0, 0.1) is 0 Å². The van der Waals surface area contributed by atoms with E-state index in [9.17, 15) is 19.0 Å². The number of rotatable bonds is 54. The van der Waals surface area contributed by atoms with Crippen molar-refractivity contribution >= 4 is 19.7 Å². The summed E-state index contributed by atoms with van der Waals surface area (Å²) in [5.41, 5.74) is 0. The second-order valence-corrected chi connectivity index (χ2v) is 22.9. The number of likely N-dealkylation sites (N-methyl/N-ethyl adjacent to an activating group) is 1. The first-order valence-corrected chi connectivity index (χ1v) is 31.6. The number of quaternary nitrogens is 1. The van der Waals surface area contributed by atoms with Crippen molar-refractivity contribution in [3.63, 3.8) is 0 Å². The van der Waals surface area contributed by atoms with E-state index in [1.807, 2.05) is 33.3 Å². The van der Waals surface area contributed by atoms with Crippen molar-refractivity contribution in [2.45, 2.75) is 283 Å². The number of nitrogens with zero attached hydrogens (tertiary/aromatic N) is 1. The lowest BCUT2D eigenvalue weighted by molar-refractivity contribution is -0.870. The van der Waals surface area contributed by atoms with Gasteiger partial charge in [-0.15, -0.1) is 0 Å². The van der Waals surface area contributed by atoms with Crippen molar-refractivity contribution < 1.29 is 37.3 Å². The first-order chi connectivity index (χ1) is 34.9. The van der Waals surface area contributed by atoms with E-state index in [-0.39, 0.29) is 24.9 Å². The monoisotopic (exact) mass is 1030 g/mol. The molecule has 0 fully saturated rings. The molecule has 0 radical (unpaired) electrons. The van der Waals surface area contributed by atoms with Gasteiger partial charge in [0, 0.05) is 12.8 Å². The molecule has 1 N–H and O–H groups in total. The summed E-state index contributed by atoms with van der Waals surface area (Å²) in [7, 11) is 1.17. The van der Waals surface area contributed by atoms with E-state index in [2.05, 4.69) is 74.7 Å². The van der Waals surface area contributed by atoms with Gasteiger partial charge in [0.1, 0.15) is 19.3 Å². The van der Waals surface area contributed by atoms with E-state index in [1.165, 1.54) is 141 Å². The van der Waals surface area contributed by atoms with E-state index in [1.54, 1.807) is 0 Å². The maximum atomic E-state index is 13.5. The van der Waals surface area contributed by atoms with E-state index in [0.717, 1.165) is 89.9 Å². The lowest BCUT2D eigenvalue weighted by Gasteiger charge is -2.30. The standard InChI is InChI=1S/C62H115N2O7P/c1-7-10-13-16-19-22-25-28-30-32-34-36-39-42-45-48-51-54-61(65)63-59(58-70-72(67,68)69-57-56-64(4,5)6)60(53-50-47-44-41-38-27-24-21-18-15-12-9-3)71-62(66)55-52-49-46-43-40-37-35-33-31-29-26-23-20-17-14-11-8-2/h20,23,28-31,35,37,50,53,59-60H,7-19,21-22,24-27,32-34,36,38-49,51-52,54-58H2,1-6H3,(H-,63,65,67,68)/b23-20-,30-28+,31-29-,37-35-,53-50+. The summed E-state index contributed by atoms with van der Waals surface area (Å²) in [6.45, 7) is 6.80. The summed E-state index contributed by atoms with van der Waals surface area (Å²) >= 11 is 0. The third-order valence-electron chi connectivity index (χ3n) is 13.2. The maximum Gasteiger partial charge on any atom is 0.306 e. The van der Waals surface area contributed by atoms with Crippen molar-refractivity contribution in [1.82, 2.24) is 5.32 Å². The van der Waals surface area contributed by atoms with Crippen molar-refractivity contribution in [1.29, 1.82) is 0 Å². The summed E-state index contributed by atoms with van der Waals surface area (Å²) in [5.74, 6) is -0.568. The Balaban J connectivity index is 5.35.